The van der Waals surface area contributed by atoms with Gasteiger partial charge in [-0.25, -0.2) is 9.97 Å². The van der Waals surface area contributed by atoms with Crippen molar-refractivity contribution in [2.45, 2.75) is 25.2 Å². The number of hydrogen-bond acceptors (Lipinski definition) is 8. The number of fused-ring (bicyclic) bond motifs is 7. The number of piperazine rings is 1. The van der Waals surface area contributed by atoms with Gasteiger partial charge in [0.25, 0.3) is 0 Å². The molecule has 2 amide bonds. The quantitative estimate of drug-likeness (QED) is 0.709. The lowest BCUT2D eigenvalue weighted by molar-refractivity contribution is -0.131. The van der Waals surface area contributed by atoms with Crippen LogP contribution in [0.3, 0.4) is 0 Å². The molecule has 1 aromatic carbocycles. The third-order valence-electron chi connectivity index (χ3n) is 6.19. The molecule has 6 rings (SSSR count). The summed E-state index contributed by atoms with van der Waals surface area (Å²) in [7, 11) is 1.59. The van der Waals surface area contributed by atoms with Crippen molar-refractivity contribution in [2.75, 3.05) is 50.1 Å². The molecular formula is C23H26N6O4. The Morgan fingerprint density at radius 3 is 2.73 bits per heavy atom. The van der Waals surface area contributed by atoms with Gasteiger partial charge in [0.2, 0.25) is 11.8 Å². The standard InChI is InChI=1S/C23H26N6O4/c1-32-17-6-5-15-12-18(17)33-11-3-2-4-19(30)28-7-9-29(10-8-28)22-20-16(13-24-15)23(31)27-21(20)25-14-26-22/h5-6,12-14,16H,2-4,7-11H2,1H3,(H,25,26,27,31). The fourth-order valence-corrected chi connectivity index (χ4v) is 4.40. The second-order valence-corrected chi connectivity index (χ2v) is 8.21. The SMILES string of the molecule is COc1ccc2cc1OCCCCC(=O)N1CCN(CC1)c1ncnc3c1C(C=N2)C(=O)N3. The van der Waals surface area contributed by atoms with Gasteiger partial charge in [-0.1, -0.05) is 0 Å². The molecule has 1 N–H and O–H groups in total. The minimum absolute atomic E-state index is 0.158. The van der Waals surface area contributed by atoms with Crippen LogP contribution >= 0.6 is 0 Å². The zero-order valence-electron chi connectivity index (χ0n) is 18.5. The largest absolute Gasteiger partial charge is 0.493 e. The molecule has 4 aliphatic rings. The third-order valence-corrected chi connectivity index (χ3v) is 6.19. The maximum absolute atomic E-state index is 12.8. The van der Waals surface area contributed by atoms with E-state index >= 15 is 0 Å². The fraction of sp³-hybridized carbons (Fsp3) is 0.435. The molecule has 0 aliphatic carbocycles. The van der Waals surface area contributed by atoms with Crippen molar-refractivity contribution in [3.8, 4) is 11.5 Å². The highest BCUT2D eigenvalue weighted by molar-refractivity contribution is 6.13. The van der Waals surface area contributed by atoms with E-state index < -0.39 is 5.92 Å². The number of nitrogens with zero attached hydrogens (tertiary/aromatic N) is 5. The second kappa shape index (κ2) is 9.05. The average Bonchev–Trinajstić information content (AvgIpc) is 3.17. The van der Waals surface area contributed by atoms with Crippen LogP contribution in [0.25, 0.3) is 0 Å². The van der Waals surface area contributed by atoms with Gasteiger partial charge in [0.15, 0.2) is 11.5 Å². The van der Waals surface area contributed by atoms with Crippen molar-refractivity contribution < 1.29 is 19.1 Å². The van der Waals surface area contributed by atoms with Crippen LogP contribution in [0.4, 0.5) is 17.3 Å². The first-order valence-electron chi connectivity index (χ1n) is 11.2. The van der Waals surface area contributed by atoms with Gasteiger partial charge in [0, 0.05) is 44.9 Å². The smallest absolute Gasteiger partial charge is 0.238 e. The molecular weight excluding hydrogens is 424 g/mol. The van der Waals surface area contributed by atoms with Crippen molar-refractivity contribution in [3.63, 3.8) is 0 Å². The summed E-state index contributed by atoms with van der Waals surface area (Å²) in [5.41, 5.74) is 1.37. The van der Waals surface area contributed by atoms with Crippen LogP contribution in [0.2, 0.25) is 0 Å². The van der Waals surface area contributed by atoms with Gasteiger partial charge < -0.3 is 24.6 Å². The highest BCUT2D eigenvalue weighted by atomic mass is 16.5. The summed E-state index contributed by atoms with van der Waals surface area (Å²) in [5.74, 6) is 1.76. The molecule has 1 saturated heterocycles. The minimum atomic E-state index is -0.610. The van der Waals surface area contributed by atoms with Crippen molar-refractivity contribution in [1.29, 1.82) is 0 Å². The maximum atomic E-state index is 12.8. The van der Waals surface area contributed by atoms with Gasteiger partial charge in [-0.05, 0) is 25.0 Å². The predicted molar refractivity (Wildman–Crippen MR) is 123 cm³/mol. The first-order valence-corrected chi connectivity index (χ1v) is 11.2. The van der Waals surface area contributed by atoms with E-state index in [9.17, 15) is 9.59 Å². The Balaban J connectivity index is 1.52. The van der Waals surface area contributed by atoms with Gasteiger partial charge in [-0.2, -0.15) is 0 Å². The van der Waals surface area contributed by atoms with Gasteiger partial charge in [0.05, 0.1) is 25.0 Å². The molecule has 1 fully saturated rings. The third kappa shape index (κ3) is 4.20. The normalized spacial score (nSPS) is 20.6. The summed E-state index contributed by atoms with van der Waals surface area (Å²) in [5, 5.41) is 2.84. The topological polar surface area (TPSA) is 109 Å². The highest BCUT2D eigenvalue weighted by Crippen LogP contribution is 2.37. The number of hydrogen-bond donors (Lipinski definition) is 1. The maximum Gasteiger partial charge on any atom is 0.238 e. The van der Waals surface area contributed by atoms with Gasteiger partial charge in [-0.3, -0.25) is 14.6 Å². The molecule has 1 aromatic heterocycles. The Labute approximate surface area is 191 Å². The van der Waals surface area contributed by atoms with Crippen LogP contribution in [0, 0.1) is 0 Å². The van der Waals surface area contributed by atoms with Crippen molar-refractivity contribution in [2.24, 2.45) is 4.99 Å². The summed E-state index contributed by atoms with van der Waals surface area (Å²) < 4.78 is 11.3. The number of methoxy groups -OCH3 is 1. The van der Waals surface area contributed by atoms with E-state index in [1.165, 1.54) is 6.33 Å². The Bertz CT molecular complexity index is 1100. The van der Waals surface area contributed by atoms with Crippen LogP contribution in [0.15, 0.2) is 29.5 Å². The van der Waals surface area contributed by atoms with Crippen molar-refractivity contribution >= 4 is 35.4 Å². The molecule has 33 heavy (non-hydrogen) atoms. The van der Waals surface area contributed by atoms with Gasteiger partial charge >= 0.3 is 0 Å². The molecule has 2 aromatic rings. The number of amides is 2. The van der Waals surface area contributed by atoms with Crippen LogP contribution in [0.1, 0.15) is 30.7 Å². The van der Waals surface area contributed by atoms with E-state index in [0.717, 1.165) is 18.4 Å². The molecule has 1 unspecified atom stereocenters. The number of aromatic nitrogens is 2. The van der Waals surface area contributed by atoms with E-state index in [1.54, 1.807) is 25.5 Å². The molecule has 5 heterocycles. The number of carbonyl (C=O) groups excluding carboxylic acids is 2. The van der Waals surface area contributed by atoms with Crippen LogP contribution in [0.5, 0.6) is 11.5 Å². The highest BCUT2D eigenvalue weighted by Gasteiger charge is 2.36. The number of aliphatic imine (C=N–C) groups is 1. The molecule has 0 saturated carbocycles. The number of carbonyl (C=O) groups is 2. The van der Waals surface area contributed by atoms with Gasteiger partial charge in [-0.15, -0.1) is 0 Å². The molecule has 172 valence electrons. The lowest BCUT2D eigenvalue weighted by Gasteiger charge is -2.36. The Morgan fingerprint density at radius 2 is 1.91 bits per heavy atom. The van der Waals surface area contributed by atoms with Crippen molar-refractivity contribution in [3.05, 3.63) is 30.1 Å². The van der Waals surface area contributed by atoms with E-state index in [-0.39, 0.29) is 11.8 Å². The number of benzene rings is 1. The fourth-order valence-electron chi connectivity index (χ4n) is 4.40. The Hall–Kier alpha value is -3.69. The molecule has 10 nitrogen and oxygen atoms in total. The Morgan fingerprint density at radius 1 is 1.09 bits per heavy atom. The number of ether oxygens (including phenoxy) is 2. The lowest BCUT2D eigenvalue weighted by Crippen LogP contribution is -2.49. The number of nitrogens with one attached hydrogen (secondary N) is 1. The van der Waals surface area contributed by atoms with E-state index in [1.807, 2.05) is 11.0 Å². The molecule has 4 bridgehead atoms. The first-order chi connectivity index (χ1) is 16.1. The summed E-state index contributed by atoms with van der Waals surface area (Å²) in [6, 6.07) is 5.39. The summed E-state index contributed by atoms with van der Waals surface area (Å²) >= 11 is 0. The van der Waals surface area contributed by atoms with Crippen LogP contribution < -0.4 is 19.7 Å². The van der Waals surface area contributed by atoms with E-state index in [2.05, 4.69) is 25.2 Å². The average molecular weight is 450 g/mol. The van der Waals surface area contributed by atoms with Crippen LogP contribution in [-0.2, 0) is 9.59 Å². The van der Waals surface area contributed by atoms with E-state index in [4.69, 9.17) is 9.47 Å². The molecule has 4 aliphatic heterocycles. The Kier molecular flexibility index (Phi) is 5.80. The van der Waals surface area contributed by atoms with Crippen molar-refractivity contribution in [1.82, 2.24) is 14.9 Å². The minimum Gasteiger partial charge on any atom is -0.493 e. The number of rotatable bonds is 1. The first kappa shape index (κ1) is 21.2. The van der Waals surface area contributed by atoms with Gasteiger partial charge in [0.1, 0.15) is 23.9 Å². The monoisotopic (exact) mass is 450 g/mol. The molecule has 1 atom stereocenters. The molecule has 10 heteroatoms. The zero-order valence-corrected chi connectivity index (χ0v) is 18.5. The molecule has 0 spiro atoms. The zero-order chi connectivity index (χ0) is 22.8. The molecule has 0 radical (unpaired) electrons. The second-order valence-electron chi connectivity index (χ2n) is 8.21. The summed E-state index contributed by atoms with van der Waals surface area (Å²) in [4.78, 5) is 42.8. The van der Waals surface area contributed by atoms with E-state index in [0.29, 0.717) is 68.0 Å². The lowest BCUT2D eigenvalue weighted by atomic mass is 10.0. The predicted octanol–water partition coefficient (Wildman–Crippen LogP) is 2.13. The number of anilines is 2. The summed E-state index contributed by atoms with van der Waals surface area (Å²) in [6.45, 7) is 3.02. The summed E-state index contributed by atoms with van der Waals surface area (Å²) in [6.07, 6.45) is 5.10. The van der Waals surface area contributed by atoms with Crippen LogP contribution in [-0.4, -0.2) is 72.8 Å².